The Bertz CT molecular complexity index is 766. The third-order valence-corrected chi connectivity index (χ3v) is 8.69. The highest BCUT2D eigenvalue weighted by atomic mass is 35.5. The van der Waals surface area contributed by atoms with E-state index >= 15 is 0 Å². The fourth-order valence-corrected chi connectivity index (χ4v) is 7.32. The summed E-state index contributed by atoms with van der Waals surface area (Å²) in [5, 5.41) is 4.04. The molecule has 1 aromatic carbocycles. The first-order valence-corrected chi connectivity index (χ1v) is 12.0. The standard InChI is InChI=1S/C22H28Cl3N3O/c23-17-10-19(25)20(11-18(17)24)26-21(29)12-27-1-3-28(4-2-27)22-15-6-13-5-14(8-15)9-16(22)7-13/h10-11,13-16,22H,1-9,12H2,(H,26,29). The number of nitrogens with zero attached hydrogens (tertiary/aromatic N) is 2. The van der Waals surface area contributed by atoms with Crippen molar-refractivity contribution in [2.75, 3.05) is 38.0 Å². The van der Waals surface area contributed by atoms with Gasteiger partial charge in [0.25, 0.3) is 0 Å². The lowest BCUT2D eigenvalue weighted by Crippen LogP contribution is -2.60. The molecule has 1 aliphatic heterocycles. The van der Waals surface area contributed by atoms with Gasteiger partial charge in [-0.1, -0.05) is 34.8 Å². The summed E-state index contributed by atoms with van der Waals surface area (Å²) in [5.41, 5.74) is 0.512. The molecule has 4 aliphatic carbocycles. The summed E-state index contributed by atoms with van der Waals surface area (Å²) in [5.74, 6) is 3.84. The summed E-state index contributed by atoms with van der Waals surface area (Å²) in [6.07, 6.45) is 7.36. The van der Waals surface area contributed by atoms with Crippen molar-refractivity contribution < 1.29 is 4.79 Å². The van der Waals surface area contributed by atoms with Crippen LogP contribution < -0.4 is 5.32 Å². The summed E-state index contributed by atoms with van der Waals surface area (Å²) < 4.78 is 0. The molecular weight excluding hydrogens is 429 g/mol. The quantitative estimate of drug-likeness (QED) is 0.646. The first kappa shape index (κ1) is 20.4. The van der Waals surface area contributed by atoms with Crippen LogP contribution in [-0.4, -0.2) is 54.5 Å². The molecule has 6 rings (SSSR count). The molecule has 4 nitrogen and oxygen atoms in total. The largest absolute Gasteiger partial charge is 0.324 e. The zero-order valence-electron chi connectivity index (χ0n) is 16.5. The van der Waals surface area contributed by atoms with Crippen molar-refractivity contribution in [3.8, 4) is 0 Å². The van der Waals surface area contributed by atoms with Gasteiger partial charge < -0.3 is 5.32 Å². The molecular formula is C22H28Cl3N3O. The highest BCUT2D eigenvalue weighted by Crippen LogP contribution is 2.55. The number of piperazine rings is 1. The molecule has 0 radical (unpaired) electrons. The molecule has 158 valence electrons. The summed E-state index contributed by atoms with van der Waals surface area (Å²) in [6.45, 7) is 4.43. The lowest BCUT2D eigenvalue weighted by molar-refractivity contribution is -0.118. The van der Waals surface area contributed by atoms with E-state index in [0.717, 1.165) is 55.9 Å². The summed E-state index contributed by atoms with van der Waals surface area (Å²) in [7, 11) is 0. The molecule has 1 aromatic rings. The molecule has 0 spiro atoms. The van der Waals surface area contributed by atoms with E-state index in [1.54, 1.807) is 12.1 Å². The molecule has 0 atom stereocenters. The first-order valence-electron chi connectivity index (χ1n) is 10.9. The third kappa shape index (κ3) is 4.16. The van der Waals surface area contributed by atoms with Crippen LogP contribution in [0.5, 0.6) is 0 Å². The van der Waals surface area contributed by atoms with Crippen LogP contribution in [0.25, 0.3) is 0 Å². The van der Waals surface area contributed by atoms with Gasteiger partial charge in [0.1, 0.15) is 0 Å². The molecule has 1 heterocycles. The fraction of sp³-hybridized carbons (Fsp3) is 0.682. The van der Waals surface area contributed by atoms with E-state index in [-0.39, 0.29) is 5.91 Å². The van der Waals surface area contributed by atoms with Crippen LogP contribution in [0.3, 0.4) is 0 Å². The molecule has 4 saturated carbocycles. The summed E-state index contributed by atoms with van der Waals surface area (Å²) in [6, 6.07) is 3.97. The van der Waals surface area contributed by atoms with E-state index in [9.17, 15) is 4.79 Å². The number of hydrogen-bond acceptors (Lipinski definition) is 3. The summed E-state index contributed by atoms with van der Waals surface area (Å²) in [4.78, 5) is 17.5. The Morgan fingerprint density at radius 2 is 1.45 bits per heavy atom. The predicted octanol–water partition coefficient (Wildman–Crippen LogP) is 5.03. The van der Waals surface area contributed by atoms with Gasteiger partial charge in [0, 0.05) is 32.2 Å². The van der Waals surface area contributed by atoms with Gasteiger partial charge in [-0.25, -0.2) is 0 Å². The third-order valence-electron chi connectivity index (χ3n) is 7.66. The molecule has 1 saturated heterocycles. The van der Waals surface area contributed by atoms with Gasteiger partial charge in [-0.15, -0.1) is 0 Å². The second-order valence-electron chi connectivity index (χ2n) is 9.53. The van der Waals surface area contributed by atoms with Gasteiger partial charge in [-0.2, -0.15) is 0 Å². The average Bonchev–Trinajstić information content (AvgIpc) is 2.66. The van der Waals surface area contributed by atoms with Crippen LogP contribution in [0.1, 0.15) is 32.1 Å². The van der Waals surface area contributed by atoms with Crippen LogP contribution >= 0.6 is 34.8 Å². The number of halogens is 3. The van der Waals surface area contributed by atoms with Gasteiger partial charge >= 0.3 is 0 Å². The van der Waals surface area contributed by atoms with E-state index in [1.165, 1.54) is 32.1 Å². The van der Waals surface area contributed by atoms with Crippen molar-refractivity contribution in [2.45, 2.75) is 38.1 Å². The number of amides is 1. The SMILES string of the molecule is O=C(CN1CCN(C2C3CC4CC(C3)CC2C4)CC1)Nc1cc(Cl)c(Cl)cc1Cl. The van der Waals surface area contributed by atoms with Crippen molar-refractivity contribution >= 4 is 46.4 Å². The maximum Gasteiger partial charge on any atom is 0.238 e. The second kappa shape index (κ2) is 8.20. The summed E-state index contributed by atoms with van der Waals surface area (Å²) >= 11 is 18.2. The minimum absolute atomic E-state index is 0.0617. The van der Waals surface area contributed by atoms with Crippen LogP contribution in [0.2, 0.25) is 15.1 Å². The number of anilines is 1. The Balaban J connectivity index is 1.14. The zero-order valence-corrected chi connectivity index (χ0v) is 18.8. The molecule has 7 heteroatoms. The Morgan fingerprint density at radius 1 is 0.862 bits per heavy atom. The highest BCUT2D eigenvalue weighted by Gasteiger charge is 2.50. The number of nitrogens with one attached hydrogen (secondary N) is 1. The van der Waals surface area contributed by atoms with E-state index in [2.05, 4.69) is 15.1 Å². The fourth-order valence-electron chi connectivity index (χ4n) is 6.72. The van der Waals surface area contributed by atoms with Crippen molar-refractivity contribution in [1.29, 1.82) is 0 Å². The van der Waals surface area contributed by atoms with Crippen LogP contribution in [0.4, 0.5) is 5.69 Å². The lowest BCUT2D eigenvalue weighted by Gasteiger charge is -2.58. The molecule has 5 fully saturated rings. The second-order valence-corrected chi connectivity index (χ2v) is 10.7. The van der Waals surface area contributed by atoms with Gasteiger partial charge in [-0.3, -0.25) is 14.6 Å². The zero-order chi connectivity index (χ0) is 20.1. The maximum atomic E-state index is 12.5. The van der Waals surface area contributed by atoms with Crippen molar-refractivity contribution in [3.05, 3.63) is 27.2 Å². The number of benzene rings is 1. The first-order chi connectivity index (χ1) is 14.0. The van der Waals surface area contributed by atoms with E-state index in [0.29, 0.717) is 27.3 Å². The number of hydrogen-bond donors (Lipinski definition) is 1. The predicted molar refractivity (Wildman–Crippen MR) is 119 cm³/mol. The van der Waals surface area contributed by atoms with Gasteiger partial charge in [0.2, 0.25) is 5.91 Å². The van der Waals surface area contributed by atoms with Gasteiger partial charge in [-0.05, 0) is 67.9 Å². The van der Waals surface area contributed by atoms with Crippen LogP contribution in [0.15, 0.2) is 12.1 Å². The van der Waals surface area contributed by atoms with Crippen LogP contribution in [-0.2, 0) is 4.79 Å². The van der Waals surface area contributed by atoms with Crippen LogP contribution in [0, 0.1) is 23.7 Å². The smallest absolute Gasteiger partial charge is 0.238 e. The van der Waals surface area contributed by atoms with E-state index in [4.69, 9.17) is 34.8 Å². The van der Waals surface area contributed by atoms with Gasteiger partial charge in [0.05, 0.1) is 27.3 Å². The Morgan fingerprint density at radius 3 is 2.07 bits per heavy atom. The minimum atomic E-state index is -0.0617. The molecule has 0 aromatic heterocycles. The van der Waals surface area contributed by atoms with E-state index < -0.39 is 0 Å². The number of carbonyl (C=O) groups excluding carboxylic acids is 1. The lowest BCUT2D eigenvalue weighted by atomic mass is 9.54. The maximum absolute atomic E-state index is 12.5. The molecule has 0 unspecified atom stereocenters. The Kier molecular flexibility index (Phi) is 5.76. The van der Waals surface area contributed by atoms with Gasteiger partial charge in [0.15, 0.2) is 0 Å². The Hall–Kier alpha value is -0.520. The minimum Gasteiger partial charge on any atom is -0.324 e. The topological polar surface area (TPSA) is 35.6 Å². The van der Waals surface area contributed by atoms with Crippen molar-refractivity contribution in [2.24, 2.45) is 23.7 Å². The molecule has 5 aliphatic rings. The Labute approximate surface area is 187 Å². The molecule has 29 heavy (non-hydrogen) atoms. The molecule has 1 amide bonds. The molecule has 4 bridgehead atoms. The number of carbonyl (C=O) groups is 1. The normalized spacial score (nSPS) is 34.5. The average molecular weight is 457 g/mol. The monoisotopic (exact) mass is 455 g/mol. The molecule has 1 N–H and O–H groups in total. The van der Waals surface area contributed by atoms with Crippen molar-refractivity contribution in [3.63, 3.8) is 0 Å². The number of rotatable bonds is 4. The van der Waals surface area contributed by atoms with E-state index in [1.807, 2.05) is 0 Å². The highest BCUT2D eigenvalue weighted by molar-refractivity contribution is 6.44. The van der Waals surface area contributed by atoms with Crippen molar-refractivity contribution in [1.82, 2.24) is 9.80 Å².